The Labute approximate surface area is 143 Å². The van der Waals surface area contributed by atoms with Crippen molar-refractivity contribution in [3.63, 3.8) is 0 Å². The standard InChI is InChI=1S/C18H18N2O3S/c1-20-9-13(12-7-8-22-17(12)18(20)21)16-14(23-10-11-3-4-11)5-6-15(19-16)24-2/h5-9,11H,3-4,10H2,1-2H3. The summed E-state index contributed by atoms with van der Waals surface area (Å²) >= 11 is 1.58. The zero-order valence-electron chi connectivity index (χ0n) is 13.6. The molecule has 0 unspecified atom stereocenters. The van der Waals surface area contributed by atoms with Crippen LogP contribution < -0.4 is 10.3 Å². The molecule has 1 fully saturated rings. The van der Waals surface area contributed by atoms with E-state index in [1.54, 1.807) is 31.3 Å². The Morgan fingerprint density at radius 1 is 1.38 bits per heavy atom. The molecule has 0 N–H and O–H groups in total. The van der Waals surface area contributed by atoms with Crippen LogP contribution in [-0.2, 0) is 7.05 Å². The molecule has 0 saturated heterocycles. The molecule has 1 aliphatic carbocycles. The molecule has 0 aliphatic heterocycles. The van der Waals surface area contributed by atoms with Crippen molar-refractivity contribution in [1.29, 1.82) is 0 Å². The van der Waals surface area contributed by atoms with Gasteiger partial charge >= 0.3 is 0 Å². The molecule has 0 amide bonds. The molecule has 3 aromatic rings. The lowest BCUT2D eigenvalue weighted by Crippen LogP contribution is -2.16. The Kier molecular flexibility index (Phi) is 3.84. The third-order valence-corrected chi connectivity index (χ3v) is 4.91. The van der Waals surface area contributed by atoms with Crippen LogP contribution in [0, 0.1) is 5.92 Å². The molecular weight excluding hydrogens is 324 g/mol. The highest BCUT2D eigenvalue weighted by Gasteiger charge is 2.23. The first-order valence-corrected chi connectivity index (χ1v) is 9.15. The number of thioether (sulfide) groups is 1. The number of pyridine rings is 2. The first-order chi connectivity index (χ1) is 11.7. The molecule has 4 rings (SSSR count). The molecule has 1 saturated carbocycles. The van der Waals surface area contributed by atoms with Gasteiger partial charge in [0.15, 0.2) is 5.58 Å². The maximum Gasteiger partial charge on any atom is 0.293 e. The van der Waals surface area contributed by atoms with E-state index >= 15 is 0 Å². The van der Waals surface area contributed by atoms with E-state index < -0.39 is 0 Å². The monoisotopic (exact) mass is 342 g/mol. The minimum Gasteiger partial charge on any atom is -0.491 e. The lowest BCUT2D eigenvalue weighted by molar-refractivity contribution is 0.299. The summed E-state index contributed by atoms with van der Waals surface area (Å²) in [4.78, 5) is 17.0. The van der Waals surface area contributed by atoms with Crippen LogP contribution in [0.4, 0.5) is 0 Å². The lowest BCUT2D eigenvalue weighted by atomic mass is 10.1. The Morgan fingerprint density at radius 3 is 2.96 bits per heavy atom. The SMILES string of the molecule is CSc1ccc(OCC2CC2)c(-c2cn(C)c(=O)c3occc23)n1. The van der Waals surface area contributed by atoms with Gasteiger partial charge in [-0.25, -0.2) is 4.98 Å². The maximum atomic E-state index is 12.2. The summed E-state index contributed by atoms with van der Waals surface area (Å²) in [6, 6.07) is 5.74. The van der Waals surface area contributed by atoms with Crippen molar-refractivity contribution in [2.24, 2.45) is 13.0 Å². The molecule has 24 heavy (non-hydrogen) atoms. The highest BCUT2D eigenvalue weighted by Crippen LogP contribution is 2.36. The van der Waals surface area contributed by atoms with Crippen molar-refractivity contribution in [3.8, 4) is 17.0 Å². The normalized spacial score (nSPS) is 14.2. The maximum absolute atomic E-state index is 12.2. The van der Waals surface area contributed by atoms with Crippen LogP contribution in [-0.4, -0.2) is 22.4 Å². The average Bonchev–Trinajstić information content (AvgIpc) is 3.30. The van der Waals surface area contributed by atoms with E-state index in [1.165, 1.54) is 17.4 Å². The minimum absolute atomic E-state index is 0.153. The van der Waals surface area contributed by atoms with Crippen LogP contribution in [0.25, 0.3) is 22.2 Å². The fourth-order valence-corrected chi connectivity index (χ4v) is 3.09. The fourth-order valence-electron chi connectivity index (χ4n) is 2.70. The molecule has 6 heteroatoms. The van der Waals surface area contributed by atoms with E-state index in [0.29, 0.717) is 18.1 Å². The second kappa shape index (κ2) is 6.02. The minimum atomic E-state index is -0.153. The summed E-state index contributed by atoms with van der Waals surface area (Å²) in [6.45, 7) is 0.716. The first-order valence-electron chi connectivity index (χ1n) is 7.92. The number of rotatable bonds is 5. The van der Waals surface area contributed by atoms with E-state index in [2.05, 4.69) is 0 Å². The largest absolute Gasteiger partial charge is 0.491 e. The van der Waals surface area contributed by atoms with E-state index in [0.717, 1.165) is 27.4 Å². The fraction of sp³-hybridized carbons (Fsp3) is 0.333. The number of aromatic nitrogens is 2. The predicted octanol–water partition coefficient (Wildman–Crippen LogP) is 3.70. The zero-order valence-corrected chi connectivity index (χ0v) is 14.4. The van der Waals surface area contributed by atoms with E-state index in [9.17, 15) is 4.79 Å². The summed E-state index contributed by atoms with van der Waals surface area (Å²) in [5, 5.41) is 1.68. The molecule has 0 bridgehead atoms. The number of hydrogen-bond acceptors (Lipinski definition) is 5. The van der Waals surface area contributed by atoms with Gasteiger partial charge in [-0.3, -0.25) is 4.79 Å². The topological polar surface area (TPSA) is 57.3 Å². The molecule has 3 heterocycles. The van der Waals surface area contributed by atoms with Crippen molar-refractivity contribution in [3.05, 3.63) is 41.0 Å². The number of furan rings is 1. The number of ether oxygens (including phenoxy) is 1. The Balaban J connectivity index is 1.89. The third-order valence-electron chi connectivity index (χ3n) is 4.26. The van der Waals surface area contributed by atoms with Crippen molar-refractivity contribution in [2.45, 2.75) is 17.9 Å². The van der Waals surface area contributed by atoms with E-state index in [-0.39, 0.29) is 5.56 Å². The van der Waals surface area contributed by atoms with Crippen LogP contribution in [0.3, 0.4) is 0 Å². The van der Waals surface area contributed by atoms with Gasteiger partial charge < -0.3 is 13.7 Å². The number of fused-ring (bicyclic) bond motifs is 1. The van der Waals surface area contributed by atoms with Gasteiger partial charge in [-0.05, 0) is 43.2 Å². The van der Waals surface area contributed by atoms with E-state index in [1.807, 2.05) is 24.5 Å². The summed E-state index contributed by atoms with van der Waals surface area (Å²) < 4.78 is 12.9. The van der Waals surface area contributed by atoms with Crippen LogP contribution >= 0.6 is 11.8 Å². The molecule has 5 nitrogen and oxygen atoms in total. The van der Waals surface area contributed by atoms with Crippen LogP contribution in [0.1, 0.15) is 12.8 Å². The second-order valence-corrected chi connectivity index (χ2v) is 6.90. The highest BCUT2D eigenvalue weighted by molar-refractivity contribution is 7.98. The number of aryl methyl sites for hydroxylation is 1. The van der Waals surface area contributed by atoms with Gasteiger partial charge in [-0.1, -0.05) is 0 Å². The molecular formula is C18H18N2O3S. The molecule has 1 aliphatic rings. The third kappa shape index (κ3) is 2.71. The van der Waals surface area contributed by atoms with Crippen molar-refractivity contribution >= 4 is 22.7 Å². The average molecular weight is 342 g/mol. The number of nitrogens with zero attached hydrogens (tertiary/aromatic N) is 2. The van der Waals surface area contributed by atoms with Gasteiger partial charge in [0.25, 0.3) is 5.56 Å². The Bertz CT molecular complexity index is 957. The van der Waals surface area contributed by atoms with Crippen LogP contribution in [0.5, 0.6) is 5.75 Å². The Morgan fingerprint density at radius 2 is 2.21 bits per heavy atom. The molecule has 3 aromatic heterocycles. The highest BCUT2D eigenvalue weighted by atomic mass is 32.2. The second-order valence-electron chi connectivity index (χ2n) is 6.08. The molecule has 0 aromatic carbocycles. The van der Waals surface area contributed by atoms with Gasteiger partial charge in [0.2, 0.25) is 0 Å². The smallest absolute Gasteiger partial charge is 0.293 e. The quantitative estimate of drug-likeness (QED) is 0.662. The van der Waals surface area contributed by atoms with Gasteiger partial charge in [0, 0.05) is 24.2 Å². The predicted molar refractivity (Wildman–Crippen MR) is 94.7 cm³/mol. The van der Waals surface area contributed by atoms with E-state index in [4.69, 9.17) is 14.1 Å². The van der Waals surface area contributed by atoms with Crippen molar-refractivity contribution in [2.75, 3.05) is 12.9 Å². The van der Waals surface area contributed by atoms with Gasteiger partial charge in [0.05, 0.1) is 17.9 Å². The summed E-state index contributed by atoms with van der Waals surface area (Å²) in [5.74, 6) is 1.41. The van der Waals surface area contributed by atoms with Crippen LogP contribution in [0.2, 0.25) is 0 Å². The van der Waals surface area contributed by atoms with Gasteiger partial charge in [-0.15, -0.1) is 11.8 Å². The van der Waals surface area contributed by atoms with Crippen LogP contribution in [0.15, 0.2) is 44.9 Å². The molecule has 0 atom stereocenters. The zero-order chi connectivity index (χ0) is 16.7. The molecule has 124 valence electrons. The molecule has 0 radical (unpaired) electrons. The van der Waals surface area contributed by atoms with Crippen molar-refractivity contribution in [1.82, 2.24) is 9.55 Å². The van der Waals surface area contributed by atoms with Crippen molar-refractivity contribution < 1.29 is 9.15 Å². The summed E-state index contributed by atoms with van der Waals surface area (Å²) in [5.41, 5.74) is 1.80. The summed E-state index contributed by atoms with van der Waals surface area (Å²) in [7, 11) is 1.72. The van der Waals surface area contributed by atoms with Gasteiger partial charge in [0.1, 0.15) is 11.4 Å². The first kappa shape index (κ1) is 15.3. The lowest BCUT2D eigenvalue weighted by Gasteiger charge is -2.13. The Hall–Kier alpha value is -2.21. The molecule has 0 spiro atoms. The number of hydrogen-bond donors (Lipinski definition) is 0. The summed E-state index contributed by atoms with van der Waals surface area (Å²) in [6.07, 6.45) is 7.80. The van der Waals surface area contributed by atoms with Gasteiger partial charge in [-0.2, -0.15) is 0 Å².